The van der Waals surface area contributed by atoms with E-state index in [1.54, 1.807) is 6.92 Å². The second kappa shape index (κ2) is 5.90. The summed E-state index contributed by atoms with van der Waals surface area (Å²) in [5.41, 5.74) is -1.02. The molecular formula is C20H16O10S. The van der Waals surface area contributed by atoms with E-state index in [9.17, 15) is 33.3 Å². The van der Waals surface area contributed by atoms with Crippen LogP contribution in [0.15, 0.2) is 35.4 Å². The molecule has 0 radical (unpaired) electrons. The smallest absolute Gasteiger partial charge is 0.446 e. The molecule has 31 heavy (non-hydrogen) atoms. The summed E-state index contributed by atoms with van der Waals surface area (Å²) in [5.74, 6) is -4.52. The predicted octanol–water partition coefficient (Wildman–Crippen LogP) is 0.878. The highest BCUT2D eigenvalue weighted by atomic mass is 32.3. The first kappa shape index (κ1) is 20.1. The van der Waals surface area contributed by atoms with Gasteiger partial charge in [-0.2, -0.15) is 8.42 Å². The van der Waals surface area contributed by atoms with Gasteiger partial charge in [0.2, 0.25) is 5.78 Å². The van der Waals surface area contributed by atoms with Crippen molar-refractivity contribution in [1.29, 1.82) is 0 Å². The Bertz CT molecular complexity index is 1360. The van der Waals surface area contributed by atoms with Gasteiger partial charge in [-0.3, -0.25) is 14.1 Å². The summed E-state index contributed by atoms with van der Waals surface area (Å²) in [7, 11) is -4.88. The van der Waals surface area contributed by atoms with Crippen molar-refractivity contribution in [2.45, 2.75) is 37.3 Å². The van der Waals surface area contributed by atoms with Crippen LogP contribution in [0.1, 0.15) is 35.7 Å². The molecule has 2 aromatic rings. The number of aromatic hydroxyl groups is 1. The van der Waals surface area contributed by atoms with Gasteiger partial charge < -0.3 is 24.2 Å². The molecule has 3 unspecified atom stereocenters. The van der Waals surface area contributed by atoms with Gasteiger partial charge in [0.25, 0.3) is 5.79 Å². The first-order valence-electron chi connectivity index (χ1n) is 9.25. The molecule has 2 aliphatic carbocycles. The number of hydrogen-bond donors (Lipinski definition) is 4. The molecule has 10 nitrogen and oxygen atoms in total. The molecule has 0 saturated carbocycles. The van der Waals surface area contributed by atoms with Crippen LogP contribution in [-0.4, -0.2) is 51.9 Å². The third-order valence-corrected chi connectivity index (χ3v) is 6.67. The standard InChI is InChI=1S/C20H16O10S/c1-19-5-4-13(22)15-16(19)20(25,29-18(15)24)17(23)10-6-8-9(7-11(10)19)14(3-2-12(8)21)30-31(26,27)28/h2-3,6-7,18,21,24-25H,4-5H2,1H3,(H,26,27,28). The molecule has 1 heterocycles. The number of aliphatic hydroxyl groups excluding tert-OH is 1. The zero-order valence-electron chi connectivity index (χ0n) is 15.9. The number of aliphatic hydroxyl groups is 2. The Hall–Kier alpha value is -2.83. The van der Waals surface area contributed by atoms with Gasteiger partial charge in [0.05, 0.1) is 5.57 Å². The predicted molar refractivity (Wildman–Crippen MR) is 103 cm³/mol. The second-order valence-corrected chi connectivity index (χ2v) is 9.05. The fourth-order valence-corrected chi connectivity index (χ4v) is 5.33. The minimum Gasteiger partial charge on any atom is -0.507 e. The van der Waals surface area contributed by atoms with Crippen molar-refractivity contribution in [3.63, 3.8) is 0 Å². The van der Waals surface area contributed by atoms with E-state index in [1.807, 2.05) is 0 Å². The molecule has 0 fully saturated rings. The van der Waals surface area contributed by atoms with Gasteiger partial charge in [-0.25, -0.2) is 0 Å². The summed E-state index contributed by atoms with van der Waals surface area (Å²) in [4.78, 5) is 25.7. The fourth-order valence-electron chi connectivity index (χ4n) is 4.96. The summed E-state index contributed by atoms with van der Waals surface area (Å²) in [6.07, 6.45) is -1.57. The van der Waals surface area contributed by atoms with Crippen LogP contribution in [0.4, 0.5) is 0 Å². The summed E-state index contributed by atoms with van der Waals surface area (Å²) < 4.78 is 41.4. The number of phenols is 1. The van der Waals surface area contributed by atoms with Gasteiger partial charge in [0.15, 0.2) is 17.8 Å². The van der Waals surface area contributed by atoms with Crippen molar-refractivity contribution >= 4 is 32.7 Å². The maximum atomic E-state index is 13.2. The van der Waals surface area contributed by atoms with Crippen LogP contribution in [-0.2, 0) is 25.3 Å². The number of rotatable bonds is 2. The Balaban J connectivity index is 1.88. The highest BCUT2D eigenvalue weighted by Crippen LogP contribution is 2.57. The van der Waals surface area contributed by atoms with Crippen molar-refractivity contribution in [1.82, 2.24) is 0 Å². The maximum absolute atomic E-state index is 13.2. The van der Waals surface area contributed by atoms with Crippen molar-refractivity contribution < 1.29 is 46.8 Å². The Morgan fingerprint density at radius 3 is 2.58 bits per heavy atom. The molecule has 3 aliphatic rings. The van der Waals surface area contributed by atoms with Gasteiger partial charge in [0.1, 0.15) is 5.75 Å². The molecule has 2 aromatic carbocycles. The molecule has 4 N–H and O–H groups in total. The Kier molecular flexibility index (Phi) is 3.82. The molecule has 162 valence electrons. The van der Waals surface area contributed by atoms with Gasteiger partial charge >= 0.3 is 10.4 Å². The number of ether oxygens (including phenoxy) is 1. The molecule has 1 aliphatic heterocycles. The lowest BCUT2D eigenvalue weighted by molar-refractivity contribution is -0.201. The lowest BCUT2D eigenvalue weighted by Crippen LogP contribution is -2.53. The maximum Gasteiger partial charge on any atom is 0.446 e. The minimum atomic E-state index is -4.88. The van der Waals surface area contributed by atoms with E-state index in [1.165, 1.54) is 12.1 Å². The molecule has 11 heteroatoms. The monoisotopic (exact) mass is 448 g/mol. The zero-order chi connectivity index (χ0) is 22.5. The molecular weight excluding hydrogens is 432 g/mol. The van der Waals surface area contributed by atoms with E-state index in [-0.39, 0.29) is 51.8 Å². The zero-order valence-corrected chi connectivity index (χ0v) is 16.8. The molecule has 0 aromatic heterocycles. The Morgan fingerprint density at radius 1 is 1.19 bits per heavy atom. The van der Waals surface area contributed by atoms with Crippen molar-refractivity contribution in [2.24, 2.45) is 0 Å². The molecule has 5 rings (SSSR count). The summed E-state index contributed by atoms with van der Waals surface area (Å²) in [5, 5.41) is 31.7. The van der Waals surface area contributed by atoms with Crippen LogP contribution >= 0.6 is 0 Å². The number of carbonyl (C=O) groups is 2. The highest BCUT2D eigenvalue weighted by Gasteiger charge is 2.64. The van der Waals surface area contributed by atoms with Crippen LogP contribution in [0.25, 0.3) is 10.8 Å². The Labute approximate surface area is 175 Å². The van der Waals surface area contributed by atoms with Gasteiger partial charge in [-0.15, -0.1) is 0 Å². The van der Waals surface area contributed by atoms with E-state index >= 15 is 0 Å². The molecule has 0 spiro atoms. The first-order valence-corrected chi connectivity index (χ1v) is 10.6. The van der Waals surface area contributed by atoms with Crippen molar-refractivity contribution in [2.75, 3.05) is 0 Å². The van der Waals surface area contributed by atoms with Crippen LogP contribution < -0.4 is 4.18 Å². The first-order chi connectivity index (χ1) is 14.4. The average molecular weight is 448 g/mol. The lowest BCUT2D eigenvalue weighted by Gasteiger charge is -2.45. The summed E-state index contributed by atoms with van der Waals surface area (Å²) in [6, 6.07) is 4.92. The van der Waals surface area contributed by atoms with E-state index < -0.39 is 39.5 Å². The van der Waals surface area contributed by atoms with Crippen LogP contribution in [0, 0.1) is 0 Å². The van der Waals surface area contributed by atoms with Crippen LogP contribution in [0.3, 0.4) is 0 Å². The molecule has 0 amide bonds. The average Bonchev–Trinajstić information content (AvgIpc) is 2.97. The van der Waals surface area contributed by atoms with Gasteiger partial charge in [-0.1, -0.05) is 6.92 Å². The summed E-state index contributed by atoms with van der Waals surface area (Å²) in [6.45, 7) is 1.67. The topological polar surface area (TPSA) is 168 Å². The number of hydrogen-bond acceptors (Lipinski definition) is 9. The van der Waals surface area contributed by atoms with Gasteiger partial charge in [-0.05, 0) is 36.2 Å². The number of Topliss-reactive ketones (excluding diaryl/α,β-unsaturated/α-hetero) is 2. The molecule has 0 bridgehead atoms. The largest absolute Gasteiger partial charge is 0.507 e. The van der Waals surface area contributed by atoms with Gasteiger partial charge in [0, 0.05) is 33.7 Å². The van der Waals surface area contributed by atoms with Crippen LogP contribution in [0.5, 0.6) is 11.5 Å². The fraction of sp³-hybridized carbons (Fsp3) is 0.300. The number of benzene rings is 2. The number of phenolic OH excluding ortho intramolecular Hbond substituents is 1. The number of ketones is 2. The van der Waals surface area contributed by atoms with Crippen molar-refractivity contribution in [3.8, 4) is 11.5 Å². The van der Waals surface area contributed by atoms with E-state index in [2.05, 4.69) is 4.18 Å². The second-order valence-electron chi connectivity index (χ2n) is 8.02. The normalized spacial score (nSPS) is 29.9. The van der Waals surface area contributed by atoms with E-state index in [0.29, 0.717) is 5.56 Å². The molecule has 3 atom stereocenters. The highest BCUT2D eigenvalue weighted by molar-refractivity contribution is 7.81. The van der Waals surface area contributed by atoms with Crippen LogP contribution in [0.2, 0.25) is 0 Å². The summed E-state index contributed by atoms with van der Waals surface area (Å²) >= 11 is 0. The quantitative estimate of drug-likeness (QED) is 0.484. The van der Waals surface area contributed by atoms with Crippen molar-refractivity contribution in [3.05, 3.63) is 46.5 Å². The lowest BCUT2D eigenvalue weighted by atomic mass is 9.59. The third-order valence-electron chi connectivity index (χ3n) is 6.28. The number of fused-ring (bicyclic) bond motifs is 3. The number of carbonyl (C=O) groups excluding carboxylic acids is 2. The minimum absolute atomic E-state index is 0.0198. The van der Waals surface area contributed by atoms with E-state index in [0.717, 1.165) is 12.1 Å². The van der Waals surface area contributed by atoms with E-state index in [4.69, 9.17) is 9.29 Å². The molecule has 0 saturated heterocycles. The third kappa shape index (κ3) is 2.55. The SMILES string of the molecule is CC12CCC(=O)C3=C1C(O)(OC3O)C(=O)c1cc3c(O)ccc(OS(=O)(=O)O)c3cc12. The Morgan fingerprint density at radius 2 is 1.90 bits per heavy atom.